The molecular weight excluding hydrogens is 290 g/mol. The highest BCUT2D eigenvalue weighted by Crippen LogP contribution is 2.09. The van der Waals surface area contributed by atoms with Gasteiger partial charge in [0.2, 0.25) is 0 Å². The van der Waals surface area contributed by atoms with Gasteiger partial charge in [0.05, 0.1) is 6.61 Å². The maximum absolute atomic E-state index is 12.0. The molecule has 0 fully saturated rings. The predicted octanol–water partition coefficient (Wildman–Crippen LogP) is 2.72. The summed E-state index contributed by atoms with van der Waals surface area (Å²) in [5.41, 5.74) is 3.48. The van der Waals surface area contributed by atoms with Crippen molar-refractivity contribution in [2.45, 2.75) is 12.0 Å². The molecule has 4 nitrogen and oxygen atoms in total. The quantitative estimate of drug-likeness (QED) is 0.386. The van der Waals surface area contributed by atoms with E-state index in [0.29, 0.717) is 5.56 Å². The Morgan fingerprint density at radius 3 is 2.19 bits per heavy atom. The monoisotopic (exact) mass is 303 g/mol. The number of hydroxylamine groups is 1. The first kappa shape index (κ1) is 15.2. The van der Waals surface area contributed by atoms with Crippen molar-refractivity contribution >= 4 is 23.3 Å². The van der Waals surface area contributed by atoms with Crippen LogP contribution in [0.25, 0.3) is 0 Å². The molecule has 0 radical (unpaired) electrons. The molecule has 0 heterocycles. The highest BCUT2D eigenvalue weighted by molar-refractivity contribution is 6.44. The number of Topliss-reactive ketones (excluding diaryl/α,β-unsaturated/α-hetero) is 1. The molecule has 0 aromatic heterocycles. The largest absolute Gasteiger partial charge is 0.292 e. The van der Waals surface area contributed by atoms with Gasteiger partial charge < -0.3 is 0 Å². The number of carbonyl (C=O) groups excluding carboxylic acids is 2. The summed E-state index contributed by atoms with van der Waals surface area (Å²) in [4.78, 5) is 28.8. The van der Waals surface area contributed by atoms with Crippen LogP contribution in [-0.2, 0) is 16.2 Å². The molecule has 1 amide bonds. The Balaban J connectivity index is 1.84. The van der Waals surface area contributed by atoms with Crippen molar-refractivity contribution in [1.82, 2.24) is 5.48 Å². The summed E-state index contributed by atoms with van der Waals surface area (Å²) < 4.78 is 0. The molecule has 0 bridgehead atoms. The molecule has 2 aromatic carbocycles. The van der Waals surface area contributed by atoms with E-state index in [1.165, 1.54) is 0 Å². The number of amides is 1. The lowest BCUT2D eigenvalue weighted by Gasteiger charge is -2.10. The second-order valence-electron chi connectivity index (χ2n) is 4.33. The van der Waals surface area contributed by atoms with E-state index >= 15 is 0 Å². The molecule has 0 aliphatic rings. The molecule has 0 saturated carbocycles. The number of hydrogen-bond acceptors (Lipinski definition) is 3. The van der Waals surface area contributed by atoms with Gasteiger partial charge in [-0.1, -0.05) is 60.7 Å². The third-order valence-electron chi connectivity index (χ3n) is 2.77. The Bertz CT molecular complexity index is 601. The zero-order chi connectivity index (χ0) is 15.1. The van der Waals surface area contributed by atoms with Crippen molar-refractivity contribution < 1.29 is 14.4 Å². The Kier molecular flexibility index (Phi) is 5.49. The number of benzene rings is 2. The predicted molar refractivity (Wildman–Crippen MR) is 79.8 cm³/mol. The van der Waals surface area contributed by atoms with E-state index in [4.69, 9.17) is 16.4 Å². The standard InChI is InChI=1S/C16H14ClNO3/c17-14(15(19)13-9-5-2-6-10-13)16(20)18-21-11-12-7-3-1-4-8-12/h1-10,14H,11H2,(H,18,20). The van der Waals surface area contributed by atoms with Crippen LogP contribution in [-0.4, -0.2) is 17.1 Å². The molecule has 21 heavy (non-hydrogen) atoms. The Morgan fingerprint density at radius 2 is 1.57 bits per heavy atom. The van der Waals surface area contributed by atoms with E-state index in [1.54, 1.807) is 30.3 Å². The second-order valence-corrected chi connectivity index (χ2v) is 4.77. The van der Waals surface area contributed by atoms with Gasteiger partial charge in [0, 0.05) is 5.56 Å². The van der Waals surface area contributed by atoms with Gasteiger partial charge in [-0.15, -0.1) is 11.6 Å². The summed E-state index contributed by atoms with van der Waals surface area (Å²) in [7, 11) is 0. The van der Waals surface area contributed by atoms with Crippen molar-refractivity contribution in [2.75, 3.05) is 0 Å². The number of carbonyl (C=O) groups is 2. The molecule has 1 atom stereocenters. The van der Waals surface area contributed by atoms with E-state index in [2.05, 4.69) is 5.48 Å². The van der Waals surface area contributed by atoms with Gasteiger partial charge in [0.1, 0.15) is 0 Å². The number of nitrogens with one attached hydrogen (secondary N) is 1. The molecule has 2 aromatic rings. The summed E-state index contributed by atoms with van der Waals surface area (Å²) in [6.45, 7) is 0.204. The maximum atomic E-state index is 12.0. The molecule has 1 N–H and O–H groups in total. The third-order valence-corrected chi connectivity index (χ3v) is 3.17. The van der Waals surface area contributed by atoms with E-state index in [9.17, 15) is 9.59 Å². The number of rotatable bonds is 6. The maximum Gasteiger partial charge on any atom is 0.269 e. The fraction of sp³-hybridized carbons (Fsp3) is 0.125. The summed E-state index contributed by atoms with van der Waals surface area (Å²) in [5.74, 6) is -1.14. The van der Waals surface area contributed by atoms with Gasteiger partial charge in [-0.05, 0) is 5.56 Å². The molecule has 0 spiro atoms. The summed E-state index contributed by atoms with van der Waals surface area (Å²) in [6, 6.07) is 17.7. The smallest absolute Gasteiger partial charge is 0.269 e. The zero-order valence-electron chi connectivity index (χ0n) is 11.2. The van der Waals surface area contributed by atoms with E-state index < -0.39 is 17.1 Å². The van der Waals surface area contributed by atoms with Gasteiger partial charge in [0.25, 0.3) is 5.91 Å². The molecule has 108 valence electrons. The van der Waals surface area contributed by atoms with Gasteiger partial charge >= 0.3 is 0 Å². The number of halogens is 1. The fourth-order valence-corrected chi connectivity index (χ4v) is 1.85. The van der Waals surface area contributed by atoms with Crippen molar-refractivity contribution in [3.8, 4) is 0 Å². The lowest BCUT2D eigenvalue weighted by atomic mass is 10.1. The molecule has 0 aliphatic carbocycles. The lowest BCUT2D eigenvalue weighted by molar-refractivity contribution is -0.133. The van der Waals surface area contributed by atoms with Crippen LogP contribution < -0.4 is 5.48 Å². The van der Waals surface area contributed by atoms with Crippen LogP contribution in [0.4, 0.5) is 0 Å². The number of alkyl halides is 1. The summed E-state index contributed by atoms with van der Waals surface area (Å²) in [6.07, 6.45) is 0. The summed E-state index contributed by atoms with van der Waals surface area (Å²) in [5, 5.41) is -1.32. The molecule has 1 unspecified atom stereocenters. The first-order chi connectivity index (χ1) is 10.2. The van der Waals surface area contributed by atoms with Crippen molar-refractivity contribution in [3.05, 3.63) is 71.8 Å². The van der Waals surface area contributed by atoms with E-state index in [1.807, 2.05) is 30.3 Å². The summed E-state index contributed by atoms with van der Waals surface area (Å²) >= 11 is 5.86. The van der Waals surface area contributed by atoms with Crippen LogP contribution in [0, 0.1) is 0 Å². The third kappa shape index (κ3) is 4.41. The van der Waals surface area contributed by atoms with Crippen molar-refractivity contribution in [2.24, 2.45) is 0 Å². The lowest BCUT2D eigenvalue weighted by Crippen LogP contribution is -2.36. The fourth-order valence-electron chi connectivity index (χ4n) is 1.68. The van der Waals surface area contributed by atoms with Crippen LogP contribution in [0.15, 0.2) is 60.7 Å². The van der Waals surface area contributed by atoms with E-state index in [0.717, 1.165) is 5.56 Å². The highest BCUT2D eigenvalue weighted by atomic mass is 35.5. The number of hydrogen-bond donors (Lipinski definition) is 1. The first-order valence-electron chi connectivity index (χ1n) is 6.37. The minimum atomic E-state index is -1.32. The Labute approximate surface area is 127 Å². The second kappa shape index (κ2) is 7.57. The molecule has 0 saturated heterocycles. The topological polar surface area (TPSA) is 55.4 Å². The highest BCUT2D eigenvalue weighted by Gasteiger charge is 2.25. The first-order valence-corrected chi connectivity index (χ1v) is 6.81. The van der Waals surface area contributed by atoms with Crippen LogP contribution in [0.1, 0.15) is 15.9 Å². The Hall–Kier alpha value is -2.17. The molecule has 5 heteroatoms. The van der Waals surface area contributed by atoms with E-state index in [-0.39, 0.29) is 6.61 Å². The number of ketones is 1. The van der Waals surface area contributed by atoms with Crippen LogP contribution in [0.5, 0.6) is 0 Å². The van der Waals surface area contributed by atoms with Gasteiger partial charge in [-0.3, -0.25) is 14.4 Å². The van der Waals surface area contributed by atoms with Gasteiger partial charge in [0.15, 0.2) is 11.2 Å². The average molecular weight is 304 g/mol. The van der Waals surface area contributed by atoms with Crippen molar-refractivity contribution in [3.63, 3.8) is 0 Å². The van der Waals surface area contributed by atoms with Gasteiger partial charge in [-0.25, -0.2) is 5.48 Å². The average Bonchev–Trinajstić information content (AvgIpc) is 2.55. The SMILES string of the molecule is O=C(NOCc1ccccc1)C(Cl)C(=O)c1ccccc1. The van der Waals surface area contributed by atoms with Crippen LogP contribution >= 0.6 is 11.6 Å². The Morgan fingerprint density at radius 1 is 1.00 bits per heavy atom. The van der Waals surface area contributed by atoms with Crippen molar-refractivity contribution in [1.29, 1.82) is 0 Å². The molecule has 2 rings (SSSR count). The molecular formula is C16H14ClNO3. The normalized spacial score (nSPS) is 11.7. The molecule has 0 aliphatic heterocycles. The zero-order valence-corrected chi connectivity index (χ0v) is 11.9. The van der Waals surface area contributed by atoms with Crippen LogP contribution in [0.3, 0.4) is 0 Å². The minimum absolute atomic E-state index is 0.204. The van der Waals surface area contributed by atoms with Crippen LogP contribution in [0.2, 0.25) is 0 Å². The minimum Gasteiger partial charge on any atom is -0.292 e. The van der Waals surface area contributed by atoms with Gasteiger partial charge in [-0.2, -0.15) is 0 Å².